The summed E-state index contributed by atoms with van der Waals surface area (Å²) >= 11 is 3.15. The predicted octanol–water partition coefficient (Wildman–Crippen LogP) is 1.66. The Morgan fingerprint density at radius 1 is 1.55 bits per heavy atom. The molecule has 1 amide bonds. The zero-order valence-corrected chi connectivity index (χ0v) is 14.4. The van der Waals surface area contributed by atoms with E-state index in [0.29, 0.717) is 25.9 Å². The van der Waals surface area contributed by atoms with Crippen molar-refractivity contribution in [3.63, 3.8) is 0 Å². The summed E-state index contributed by atoms with van der Waals surface area (Å²) in [5, 5.41) is 8.01. The highest BCUT2D eigenvalue weighted by Crippen LogP contribution is 2.30. The molecule has 1 atom stereocenters. The number of amides is 1. The minimum Gasteiger partial charge on any atom is -0.377 e. The summed E-state index contributed by atoms with van der Waals surface area (Å²) in [6.45, 7) is 2.92. The van der Waals surface area contributed by atoms with Crippen molar-refractivity contribution in [1.29, 1.82) is 0 Å². The number of hydrogen-bond acceptors (Lipinski definition) is 4. The number of anilines is 1. The van der Waals surface area contributed by atoms with Gasteiger partial charge in [0, 0.05) is 30.0 Å². The lowest BCUT2D eigenvalue weighted by Crippen LogP contribution is -2.31. The van der Waals surface area contributed by atoms with Crippen LogP contribution in [0.2, 0.25) is 0 Å². The minimum absolute atomic E-state index is 0.0633. The molecular weight excluding hydrogens is 377 g/mol. The molecule has 0 unspecified atom stereocenters. The first-order chi connectivity index (χ1) is 10.2. The van der Waals surface area contributed by atoms with Crippen LogP contribution >= 0.6 is 15.9 Å². The molecule has 0 aromatic heterocycles. The standard InChI is InChI=1S/C13H17BrFN3O3S/c1-2-12(19)18-4-3-8(7-18)17-13-10(14)5-9(6-11(13)15)22(16,20)21/h5-6,8,17H,2-4,7H2,1H3,(H2,16,20,21)/t8-/m0/s1. The molecule has 1 aliphatic heterocycles. The average Bonchev–Trinajstić information content (AvgIpc) is 2.89. The number of nitrogens with one attached hydrogen (secondary N) is 1. The van der Waals surface area contributed by atoms with Gasteiger partial charge in [0.2, 0.25) is 15.9 Å². The van der Waals surface area contributed by atoms with Crippen molar-refractivity contribution in [2.24, 2.45) is 5.14 Å². The SMILES string of the molecule is CCC(=O)N1CC[C@H](Nc2c(F)cc(S(N)(=O)=O)cc2Br)C1. The number of halogens is 2. The van der Waals surface area contributed by atoms with E-state index in [0.717, 1.165) is 6.07 Å². The van der Waals surface area contributed by atoms with E-state index in [1.807, 2.05) is 0 Å². The van der Waals surface area contributed by atoms with Gasteiger partial charge in [0.25, 0.3) is 0 Å². The lowest BCUT2D eigenvalue weighted by Gasteiger charge is -2.18. The van der Waals surface area contributed by atoms with Gasteiger partial charge < -0.3 is 10.2 Å². The van der Waals surface area contributed by atoms with Crippen molar-refractivity contribution in [2.75, 3.05) is 18.4 Å². The van der Waals surface area contributed by atoms with Gasteiger partial charge in [-0.25, -0.2) is 17.9 Å². The molecule has 3 N–H and O–H groups in total. The van der Waals surface area contributed by atoms with Gasteiger partial charge in [-0.2, -0.15) is 0 Å². The molecule has 1 aromatic carbocycles. The summed E-state index contributed by atoms with van der Waals surface area (Å²) < 4.78 is 36.9. The third-order valence-corrected chi connectivity index (χ3v) is 5.05. The van der Waals surface area contributed by atoms with Crippen molar-refractivity contribution in [3.8, 4) is 0 Å². The highest BCUT2D eigenvalue weighted by Gasteiger charge is 2.26. The summed E-state index contributed by atoms with van der Waals surface area (Å²) in [6.07, 6.45) is 1.14. The highest BCUT2D eigenvalue weighted by molar-refractivity contribution is 9.10. The monoisotopic (exact) mass is 393 g/mol. The van der Waals surface area contributed by atoms with Crippen LogP contribution in [0, 0.1) is 5.82 Å². The number of carbonyl (C=O) groups is 1. The molecule has 9 heteroatoms. The van der Waals surface area contributed by atoms with E-state index in [-0.39, 0.29) is 27.0 Å². The molecule has 0 aliphatic carbocycles. The molecular formula is C13H17BrFN3O3S. The van der Waals surface area contributed by atoms with Crippen molar-refractivity contribution in [1.82, 2.24) is 4.90 Å². The summed E-state index contributed by atoms with van der Waals surface area (Å²) in [7, 11) is -3.97. The summed E-state index contributed by atoms with van der Waals surface area (Å²) in [6, 6.07) is 2.05. The van der Waals surface area contributed by atoms with E-state index in [1.54, 1.807) is 11.8 Å². The van der Waals surface area contributed by atoms with Gasteiger partial charge >= 0.3 is 0 Å². The number of nitrogens with two attached hydrogens (primary N) is 1. The highest BCUT2D eigenvalue weighted by atomic mass is 79.9. The first-order valence-corrected chi connectivity index (χ1v) is 9.12. The van der Waals surface area contributed by atoms with Gasteiger partial charge in [0.05, 0.1) is 10.6 Å². The normalized spacial score (nSPS) is 18.5. The molecule has 122 valence electrons. The summed E-state index contributed by atoms with van der Waals surface area (Å²) in [5.41, 5.74) is 0.170. The Kier molecular flexibility index (Phi) is 5.08. The van der Waals surface area contributed by atoms with Crippen molar-refractivity contribution >= 4 is 37.5 Å². The maximum absolute atomic E-state index is 14.1. The summed E-state index contributed by atoms with van der Waals surface area (Å²) in [5.74, 6) is -0.646. The van der Waals surface area contributed by atoms with Crippen LogP contribution in [0.1, 0.15) is 19.8 Å². The second-order valence-electron chi connectivity index (χ2n) is 5.13. The van der Waals surface area contributed by atoms with Crippen molar-refractivity contribution < 1.29 is 17.6 Å². The number of benzene rings is 1. The smallest absolute Gasteiger partial charge is 0.238 e. The van der Waals surface area contributed by atoms with E-state index < -0.39 is 15.8 Å². The zero-order valence-electron chi connectivity index (χ0n) is 12.0. The van der Waals surface area contributed by atoms with Crippen LogP contribution in [0.4, 0.5) is 10.1 Å². The molecule has 6 nitrogen and oxygen atoms in total. The number of primary sulfonamides is 1. The van der Waals surface area contributed by atoms with Crippen LogP contribution in [-0.2, 0) is 14.8 Å². The Bertz CT molecular complexity index is 673. The molecule has 22 heavy (non-hydrogen) atoms. The van der Waals surface area contributed by atoms with E-state index >= 15 is 0 Å². The Hall–Kier alpha value is -1.19. The lowest BCUT2D eigenvalue weighted by molar-refractivity contribution is -0.129. The molecule has 0 saturated carbocycles. The lowest BCUT2D eigenvalue weighted by atomic mass is 10.2. The summed E-state index contributed by atoms with van der Waals surface area (Å²) in [4.78, 5) is 13.1. The van der Waals surface area contributed by atoms with Crippen LogP contribution in [0.15, 0.2) is 21.5 Å². The molecule has 1 fully saturated rings. The van der Waals surface area contributed by atoms with Crippen LogP contribution in [-0.4, -0.2) is 38.4 Å². The van der Waals surface area contributed by atoms with Gasteiger partial charge in [-0.3, -0.25) is 4.79 Å². The fourth-order valence-corrected chi connectivity index (χ4v) is 3.64. The Morgan fingerprint density at radius 2 is 2.23 bits per heavy atom. The molecule has 0 bridgehead atoms. The molecule has 1 heterocycles. The fraction of sp³-hybridized carbons (Fsp3) is 0.462. The Balaban J connectivity index is 2.16. The van der Waals surface area contributed by atoms with Gasteiger partial charge in [0.1, 0.15) is 5.82 Å². The van der Waals surface area contributed by atoms with Crippen molar-refractivity contribution in [3.05, 3.63) is 22.4 Å². The van der Waals surface area contributed by atoms with Crippen LogP contribution < -0.4 is 10.5 Å². The number of carbonyl (C=O) groups excluding carboxylic acids is 1. The molecule has 2 rings (SSSR count). The molecule has 1 aliphatic rings. The first-order valence-electron chi connectivity index (χ1n) is 6.78. The van der Waals surface area contributed by atoms with Gasteiger partial charge in [-0.1, -0.05) is 6.92 Å². The Morgan fingerprint density at radius 3 is 2.77 bits per heavy atom. The van der Waals surface area contributed by atoms with Gasteiger partial charge in [0.15, 0.2) is 0 Å². The van der Waals surface area contributed by atoms with Crippen LogP contribution in [0.5, 0.6) is 0 Å². The second-order valence-corrected chi connectivity index (χ2v) is 7.55. The van der Waals surface area contributed by atoms with E-state index in [4.69, 9.17) is 5.14 Å². The number of rotatable bonds is 4. The molecule has 1 saturated heterocycles. The number of nitrogens with zero attached hydrogens (tertiary/aromatic N) is 1. The zero-order chi connectivity index (χ0) is 16.5. The second kappa shape index (κ2) is 6.51. The third-order valence-electron chi connectivity index (χ3n) is 3.54. The predicted molar refractivity (Wildman–Crippen MR) is 84.4 cm³/mol. The minimum atomic E-state index is -3.97. The van der Waals surface area contributed by atoms with Crippen LogP contribution in [0.25, 0.3) is 0 Å². The number of likely N-dealkylation sites (tertiary alicyclic amines) is 1. The van der Waals surface area contributed by atoms with Gasteiger partial charge in [-0.15, -0.1) is 0 Å². The van der Waals surface area contributed by atoms with E-state index in [2.05, 4.69) is 21.2 Å². The molecule has 1 aromatic rings. The number of hydrogen-bond donors (Lipinski definition) is 2. The maximum atomic E-state index is 14.1. The van der Waals surface area contributed by atoms with E-state index in [9.17, 15) is 17.6 Å². The largest absolute Gasteiger partial charge is 0.377 e. The fourth-order valence-electron chi connectivity index (χ4n) is 2.38. The Labute approximate surface area is 137 Å². The molecule has 0 radical (unpaired) electrons. The maximum Gasteiger partial charge on any atom is 0.238 e. The average molecular weight is 394 g/mol. The van der Waals surface area contributed by atoms with E-state index in [1.165, 1.54) is 6.07 Å². The molecule has 0 spiro atoms. The van der Waals surface area contributed by atoms with Gasteiger partial charge in [-0.05, 0) is 34.5 Å². The third kappa shape index (κ3) is 3.76. The number of sulfonamides is 1. The quantitative estimate of drug-likeness (QED) is 0.813. The topological polar surface area (TPSA) is 92.5 Å². The van der Waals surface area contributed by atoms with Crippen molar-refractivity contribution in [2.45, 2.75) is 30.7 Å². The van der Waals surface area contributed by atoms with Crippen LogP contribution in [0.3, 0.4) is 0 Å². The first kappa shape index (κ1) is 17.2.